The van der Waals surface area contributed by atoms with Gasteiger partial charge in [-0.1, -0.05) is 11.6 Å². The number of ether oxygens (including phenoxy) is 1. The minimum Gasteiger partial charge on any atom is -0.465 e. The molecule has 98 valence electrons. The van der Waals surface area contributed by atoms with Crippen molar-refractivity contribution in [1.82, 2.24) is 4.98 Å². The van der Waals surface area contributed by atoms with Gasteiger partial charge in [-0.2, -0.15) is 0 Å². The third kappa shape index (κ3) is 3.20. The number of carbonyl (C=O) groups is 1. The molecule has 0 aliphatic heterocycles. The van der Waals surface area contributed by atoms with Crippen molar-refractivity contribution in [1.29, 1.82) is 0 Å². The standard InChI is InChI=1S/C13H10ClFN2O2/c1-19-13(18)8-4-5-16-12(6-8)17-9-2-3-10(14)11(15)7-9/h2-7H,1H3,(H,16,17). The summed E-state index contributed by atoms with van der Waals surface area (Å²) in [5.41, 5.74) is 0.839. The Morgan fingerprint density at radius 2 is 2.16 bits per heavy atom. The maximum Gasteiger partial charge on any atom is 0.338 e. The van der Waals surface area contributed by atoms with Crippen LogP contribution in [-0.4, -0.2) is 18.1 Å². The van der Waals surface area contributed by atoms with E-state index >= 15 is 0 Å². The Kier molecular flexibility index (Phi) is 3.97. The molecule has 0 unspecified atom stereocenters. The van der Waals surface area contributed by atoms with Gasteiger partial charge in [0.15, 0.2) is 0 Å². The van der Waals surface area contributed by atoms with Crippen molar-refractivity contribution in [2.75, 3.05) is 12.4 Å². The molecule has 2 aromatic rings. The molecule has 0 saturated carbocycles. The van der Waals surface area contributed by atoms with Crippen LogP contribution < -0.4 is 5.32 Å². The Bertz CT molecular complexity index is 619. The first-order chi connectivity index (χ1) is 9.10. The minimum atomic E-state index is -0.532. The number of methoxy groups -OCH3 is 1. The summed E-state index contributed by atoms with van der Waals surface area (Å²) in [6, 6.07) is 7.33. The molecule has 0 spiro atoms. The average Bonchev–Trinajstić information content (AvgIpc) is 2.42. The van der Waals surface area contributed by atoms with E-state index in [1.807, 2.05) is 0 Å². The second-order valence-electron chi connectivity index (χ2n) is 3.68. The van der Waals surface area contributed by atoms with Gasteiger partial charge in [0.2, 0.25) is 0 Å². The zero-order valence-electron chi connectivity index (χ0n) is 9.98. The van der Waals surface area contributed by atoms with E-state index < -0.39 is 11.8 Å². The molecule has 1 aromatic heterocycles. The van der Waals surface area contributed by atoms with Crippen LogP contribution in [0, 0.1) is 5.82 Å². The number of hydrogen-bond donors (Lipinski definition) is 1. The normalized spacial score (nSPS) is 10.1. The predicted molar refractivity (Wildman–Crippen MR) is 70.3 cm³/mol. The van der Waals surface area contributed by atoms with E-state index in [0.29, 0.717) is 17.1 Å². The zero-order valence-corrected chi connectivity index (χ0v) is 10.7. The van der Waals surface area contributed by atoms with Gasteiger partial charge in [0.25, 0.3) is 0 Å². The molecule has 1 heterocycles. The van der Waals surface area contributed by atoms with Crippen LogP contribution in [-0.2, 0) is 4.74 Å². The molecule has 1 N–H and O–H groups in total. The molecule has 6 heteroatoms. The van der Waals surface area contributed by atoms with Gasteiger partial charge in [-0.15, -0.1) is 0 Å². The summed E-state index contributed by atoms with van der Waals surface area (Å²) >= 11 is 5.59. The largest absolute Gasteiger partial charge is 0.465 e. The SMILES string of the molecule is COC(=O)c1ccnc(Nc2ccc(Cl)c(F)c2)c1. The molecule has 0 radical (unpaired) electrons. The summed E-state index contributed by atoms with van der Waals surface area (Å²) in [5, 5.41) is 2.92. The molecule has 2 rings (SSSR count). The first-order valence-electron chi connectivity index (χ1n) is 5.36. The van der Waals surface area contributed by atoms with Crippen LogP contribution in [0.1, 0.15) is 10.4 Å². The lowest BCUT2D eigenvalue weighted by Crippen LogP contribution is -2.03. The molecule has 1 aromatic carbocycles. The average molecular weight is 281 g/mol. The van der Waals surface area contributed by atoms with Gasteiger partial charge < -0.3 is 10.1 Å². The zero-order chi connectivity index (χ0) is 13.8. The number of benzene rings is 1. The number of carbonyl (C=O) groups excluding carboxylic acids is 1. The smallest absolute Gasteiger partial charge is 0.338 e. The molecule has 0 fully saturated rings. The van der Waals surface area contributed by atoms with E-state index in [9.17, 15) is 9.18 Å². The van der Waals surface area contributed by atoms with Gasteiger partial charge in [0.05, 0.1) is 17.7 Å². The quantitative estimate of drug-likeness (QED) is 0.876. The Labute approximate surface area is 114 Å². The number of aromatic nitrogens is 1. The van der Waals surface area contributed by atoms with Crippen molar-refractivity contribution in [2.24, 2.45) is 0 Å². The number of nitrogens with one attached hydrogen (secondary N) is 1. The number of anilines is 2. The molecule has 0 aliphatic rings. The maximum atomic E-state index is 13.3. The lowest BCUT2D eigenvalue weighted by Gasteiger charge is -2.07. The molecular weight excluding hydrogens is 271 g/mol. The van der Waals surface area contributed by atoms with Crippen molar-refractivity contribution in [3.8, 4) is 0 Å². The van der Waals surface area contributed by atoms with E-state index in [1.165, 1.54) is 37.6 Å². The van der Waals surface area contributed by atoms with Gasteiger partial charge >= 0.3 is 5.97 Å². The van der Waals surface area contributed by atoms with Crippen molar-refractivity contribution in [3.63, 3.8) is 0 Å². The van der Waals surface area contributed by atoms with Gasteiger partial charge in [-0.3, -0.25) is 0 Å². The summed E-state index contributed by atoms with van der Waals surface area (Å²) in [7, 11) is 1.30. The summed E-state index contributed by atoms with van der Waals surface area (Å²) in [5.74, 6) is -0.590. The van der Waals surface area contributed by atoms with Gasteiger partial charge in [0, 0.05) is 11.9 Å². The van der Waals surface area contributed by atoms with Crippen molar-refractivity contribution >= 4 is 29.1 Å². The van der Waals surface area contributed by atoms with Crippen molar-refractivity contribution < 1.29 is 13.9 Å². The number of esters is 1. The van der Waals surface area contributed by atoms with Gasteiger partial charge in [-0.25, -0.2) is 14.2 Å². The number of rotatable bonds is 3. The van der Waals surface area contributed by atoms with Crippen LogP contribution in [0.2, 0.25) is 5.02 Å². The molecule has 4 nitrogen and oxygen atoms in total. The Balaban J connectivity index is 2.23. The topological polar surface area (TPSA) is 51.2 Å². The fourth-order valence-electron chi connectivity index (χ4n) is 1.47. The first-order valence-corrected chi connectivity index (χ1v) is 5.74. The number of pyridine rings is 1. The van der Waals surface area contributed by atoms with Gasteiger partial charge in [0.1, 0.15) is 11.6 Å². The van der Waals surface area contributed by atoms with Crippen LogP contribution in [0.3, 0.4) is 0 Å². The van der Waals surface area contributed by atoms with Crippen LogP contribution >= 0.6 is 11.6 Å². The molecule has 0 amide bonds. The van der Waals surface area contributed by atoms with E-state index in [4.69, 9.17) is 11.6 Å². The van der Waals surface area contributed by atoms with Crippen LogP contribution in [0.25, 0.3) is 0 Å². The fourth-order valence-corrected chi connectivity index (χ4v) is 1.58. The van der Waals surface area contributed by atoms with E-state index in [0.717, 1.165) is 0 Å². The second kappa shape index (κ2) is 5.67. The summed E-state index contributed by atoms with van der Waals surface area (Å²) in [6.45, 7) is 0. The van der Waals surface area contributed by atoms with E-state index in [2.05, 4.69) is 15.0 Å². The molecule has 19 heavy (non-hydrogen) atoms. The summed E-state index contributed by atoms with van der Waals surface area (Å²) in [6.07, 6.45) is 1.46. The summed E-state index contributed by atoms with van der Waals surface area (Å²) < 4.78 is 17.9. The molecule has 0 saturated heterocycles. The minimum absolute atomic E-state index is 0.0434. The van der Waals surface area contributed by atoms with E-state index in [1.54, 1.807) is 6.07 Å². The maximum absolute atomic E-state index is 13.3. The van der Waals surface area contributed by atoms with Gasteiger partial charge in [-0.05, 0) is 30.3 Å². The summed E-state index contributed by atoms with van der Waals surface area (Å²) in [4.78, 5) is 15.4. The van der Waals surface area contributed by atoms with E-state index in [-0.39, 0.29) is 5.02 Å². The number of halogens is 2. The molecule has 0 atom stereocenters. The Hall–Kier alpha value is -2.14. The van der Waals surface area contributed by atoms with Crippen LogP contribution in [0.15, 0.2) is 36.5 Å². The predicted octanol–water partition coefficient (Wildman–Crippen LogP) is 3.40. The third-order valence-corrected chi connectivity index (χ3v) is 2.68. The highest BCUT2D eigenvalue weighted by Crippen LogP contribution is 2.21. The number of nitrogens with zero attached hydrogens (tertiary/aromatic N) is 1. The highest BCUT2D eigenvalue weighted by Gasteiger charge is 2.07. The second-order valence-corrected chi connectivity index (χ2v) is 4.08. The monoisotopic (exact) mass is 280 g/mol. The first kappa shape index (κ1) is 13.3. The van der Waals surface area contributed by atoms with Crippen LogP contribution in [0.5, 0.6) is 0 Å². The van der Waals surface area contributed by atoms with Crippen molar-refractivity contribution in [2.45, 2.75) is 0 Å². The molecule has 0 aliphatic carbocycles. The Morgan fingerprint density at radius 3 is 2.84 bits per heavy atom. The molecular formula is C13H10ClFN2O2. The highest BCUT2D eigenvalue weighted by atomic mass is 35.5. The Morgan fingerprint density at radius 1 is 1.37 bits per heavy atom. The van der Waals surface area contributed by atoms with Crippen LogP contribution in [0.4, 0.5) is 15.9 Å². The van der Waals surface area contributed by atoms with Crippen molar-refractivity contribution in [3.05, 3.63) is 52.9 Å². The lowest BCUT2D eigenvalue weighted by atomic mass is 10.2. The number of hydrogen-bond acceptors (Lipinski definition) is 4. The third-order valence-electron chi connectivity index (χ3n) is 2.37. The lowest BCUT2D eigenvalue weighted by molar-refractivity contribution is 0.0600. The fraction of sp³-hybridized carbons (Fsp3) is 0.0769. The molecule has 0 bridgehead atoms. The highest BCUT2D eigenvalue weighted by molar-refractivity contribution is 6.30.